The monoisotopic (exact) mass is 265 g/mol. The highest BCUT2D eigenvalue weighted by atomic mass is 35.5. The minimum Gasteiger partial charge on any atom is -0.497 e. The molecule has 1 atom stereocenters. The van der Waals surface area contributed by atoms with Gasteiger partial charge in [0.05, 0.1) is 24.0 Å². The first-order chi connectivity index (χ1) is 8.65. The molecule has 0 aliphatic carbocycles. The summed E-state index contributed by atoms with van der Waals surface area (Å²) >= 11 is 6.21. The summed E-state index contributed by atoms with van der Waals surface area (Å²) in [6.07, 6.45) is 1.77. The fraction of sp³-hybridized carbons (Fsp3) is 0.308. The Bertz CT molecular complexity index is 539. The first-order valence-corrected chi connectivity index (χ1v) is 6.12. The molecule has 0 aliphatic heterocycles. The van der Waals surface area contributed by atoms with Crippen LogP contribution < -0.4 is 10.5 Å². The van der Waals surface area contributed by atoms with E-state index < -0.39 is 0 Å². The van der Waals surface area contributed by atoms with Gasteiger partial charge in [-0.05, 0) is 18.2 Å². The van der Waals surface area contributed by atoms with E-state index in [1.54, 1.807) is 19.4 Å². The van der Waals surface area contributed by atoms with Crippen LogP contribution in [0.15, 0.2) is 24.4 Å². The predicted octanol–water partition coefficient (Wildman–Crippen LogP) is 2.80. The third kappa shape index (κ3) is 2.49. The van der Waals surface area contributed by atoms with Crippen LogP contribution in [0, 0.1) is 0 Å². The van der Waals surface area contributed by atoms with Gasteiger partial charge in [0.25, 0.3) is 0 Å². The minimum atomic E-state index is 0.204. The fourth-order valence-corrected chi connectivity index (χ4v) is 1.95. The lowest BCUT2D eigenvalue weighted by atomic mass is 10.1. The van der Waals surface area contributed by atoms with Gasteiger partial charge in [-0.15, -0.1) is 0 Å². The van der Waals surface area contributed by atoms with Crippen molar-refractivity contribution in [3.05, 3.63) is 35.2 Å². The molecular formula is C13H16ClN3O. The molecule has 1 aromatic heterocycles. The van der Waals surface area contributed by atoms with Gasteiger partial charge in [-0.25, -0.2) is 4.98 Å². The first kappa shape index (κ1) is 12.9. The van der Waals surface area contributed by atoms with Crippen LogP contribution >= 0.6 is 11.6 Å². The van der Waals surface area contributed by atoms with Crippen molar-refractivity contribution in [1.29, 1.82) is 0 Å². The SMILES string of the molecule is COc1ccc(-c2cnc(C(C)CN)[nH]2)c(Cl)c1. The molecule has 2 aromatic rings. The lowest BCUT2D eigenvalue weighted by Crippen LogP contribution is -2.10. The number of benzene rings is 1. The van der Waals surface area contributed by atoms with E-state index in [4.69, 9.17) is 22.1 Å². The number of rotatable bonds is 4. The number of nitrogens with one attached hydrogen (secondary N) is 1. The summed E-state index contributed by atoms with van der Waals surface area (Å²) in [5.74, 6) is 1.81. The average Bonchev–Trinajstić information content (AvgIpc) is 2.87. The molecule has 0 spiro atoms. The van der Waals surface area contributed by atoms with E-state index in [9.17, 15) is 0 Å². The standard InChI is InChI=1S/C13H16ClN3O/c1-8(6-15)13-16-7-12(17-13)10-4-3-9(18-2)5-11(10)14/h3-5,7-8H,6,15H2,1-2H3,(H,16,17). The summed E-state index contributed by atoms with van der Waals surface area (Å²) in [5.41, 5.74) is 7.41. The number of nitrogens with two attached hydrogens (primary N) is 1. The Hall–Kier alpha value is -1.52. The summed E-state index contributed by atoms with van der Waals surface area (Å²) in [6.45, 7) is 2.58. The van der Waals surface area contributed by atoms with Crippen LogP contribution in [-0.2, 0) is 0 Å². The number of nitrogens with zero attached hydrogens (tertiary/aromatic N) is 1. The van der Waals surface area contributed by atoms with E-state index in [0.29, 0.717) is 11.6 Å². The topological polar surface area (TPSA) is 63.9 Å². The number of aromatic nitrogens is 2. The van der Waals surface area contributed by atoms with Gasteiger partial charge in [-0.1, -0.05) is 18.5 Å². The lowest BCUT2D eigenvalue weighted by molar-refractivity contribution is 0.415. The van der Waals surface area contributed by atoms with E-state index in [1.807, 2.05) is 19.1 Å². The maximum absolute atomic E-state index is 6.21. The molecule has 96 valence electrons. The number of methoxy groups -OCH3 is 1. The molecule has 4 nitrogen and oxygen atoms in total. The second-order valence-corrected chi connectivity index (χ2v) is 4.57. The molecule has 1 aromatic carbocycles. The average molecular weight is 266 g/mol. The van der Waals surface area contributed by atoms with Gasteiger partial charge in [0.2, 0.25) is 0 Å². The molecule has 2 rings (SSSR count). The van der Waals surface area contributed by atoms with Crippen LogP contribution in [0.3, 0.4) is 0 Å². The van der Waals surface area contributed by atoms with Gasteiger partial charge in [0.15, 0.2) is 0 Å². The summed E-state index contributed by atoms with van der Waals surface area (Å²) in [7, 11) is 1.61. The molecule has 0 aliphatic rings. The smallest absolute Gasteiger partial charge is 0.120 e. The number of H-pyrrole nitrogens is 1. The normalized spacial score (nSPS) is 12.4. The molecule has 0 saturated carbocycles. The van der Waals surface area contributed by atoms with Crippen LogP contribution in [0.1, 0.15) is 18.7 Å². The van der Waals surface area contributed by atoms with Crippen molar-refractivity contribution < 1.29 is 4.74 Å². The number of hydrogen-bond acceptors (Lipinski definition) is 3. The van der Waals surface area contributed by atoms with Crippen molar-refractivity contribution in [2.24, 2.45) is 5.73 Å². The van der Waals surface area contributed by atoms with E-state index in [2.05, 4.69) is 9.97 Å². The summed E-state index contributed by atoms with van der Waals surface area (Å²) in [4.78, 5) is 7.56. The fourth-order valence-electron chi connectivity index (χ4n) is 1.68. The maximum Gasteiger partial charge on any atom is 0.120 e. The number of aromatic amines is 1. The molecule has 0 amide bonds. The Morgan fingerprint density at radius 2 is 2.28 bits per heavy atom. The van der Waals surface area contributed by atoms with Crippen LogP contribution in [-0.4, -0.2) is 23.6 Å². The Kier molecular flexibility index (Phi) is 3.89. The maximum atomic E-state index is 6.21. The van der Waals surface area contributed by atoms with Crippen molar-refractivity contribution in [3.63, 3.8) is 0 Å². The van der Waals surface area contributed by atoms with Crippen molar-refractivity contribution in [2.45, 2.75) is 12.8 Å². The molecule has 0 fully saturated rings. The lowest BCUT2D eigenvalue weighted by Gasteiger charge is -2.06. The Labute approximate surface area is 111 Å². The molecule has 18 heavy (non-hydrogen) atoms. The number of hydrogen-bond donors (Lipinski definition) is 2. The number of halogens is 1. The summed E-state index contributed by atoms with van der Waals surface area (Å²) < 4.78 is 5.12. The highest BCUT2D eigenvalue weighted by Crippen LogP contribution is 2.30. The van der Waals surface area contributed by atoms with Crippen molar-refractivity contribution in [3.8, 4) is 17.0 Å². The van der Waals surface area contributed by atoms with Gasteiger partial charge < -0.3 is 15.5 Å². The highest BCUT2D eigenvalue weighted by Gasteiger charge is 2.11. The third-order valence-electron chi connectivity index (χ3n) is 2.88. The van der Waals surface area contributed by atoms with E-state index in [1.165, 1.54) is 0 Å². The van der Waals surface area contributed by atoms with Gasteiger partial charge >= 0.3 is 0 Å². The number of ether oxygens (including phenoxy) is 1. The molecule has 5 heteroatoms. The summed E-state index contributed by atoms with van der Waals surface area (Å²) in [6, 6.07) is 5.56. The van der Waals surface area contributed by atoms with Crippen LogP contribution in [0.4, 0.5) is 0 Å². The minimum absolute atomic E-state index is 0.204. The molecule has 0 saturated heterocycles. The molecule has 0 bridgehead atoms. The third-order valence-corrected chi connectivity index (χ3v) is 3.19. The highest BCUT2D eigenvalue weighted by molar-refractivity contribution is 6.33. The second-order valence-electron chi connectivity index (χ2n) is 4.16. The summed E-state index contributed by atoms with van der Waals surface area (Å²) in [5, 5.41) is 0.630. The van der Waals surface area contributed by atoms with Crippen molar-refractivity contribution in [2.75, 3.05) is 13.7 Å². The molecular weight excluding hydrogens is 250 g/mol. The molecule has 3 N–H and O–H groups in total. The Balaban J connectivity index is 2.34. The molecule has 1 heterocycles. The zero-order chi connectivity index (χ0) is 13.1. The van der Waals surface area contributed by atoms with Gasteiger partial charge in [0, 0.05) is 18.0 Å². The van der Waals surface area contributed by atoms with E-state index in [-0.39, 0.29) is 5.92 Å². The van der Waals surface area contributed by atoms with Crippen LogP contribution in [0.5, 0.6) is 5.75 Å². The van der Waals surface area contributed by atoms with Gasteiger partial charge in [0.1, 0.15) is 11.6 Å². The Morgan fingerprint density at radius 1 is 1.50 bits per heavy atom. The zero-order valence-corrected chi connectivity index (χ0v) is 11.2. The van der Waals surface area contributed by atoms with Crippen LogP contribution in [0.25, 0.3) is 11.3 Å². The zero-order valence-electron chi connectivity index (χ0n) is 10.4. The second kappa shape index (κ2) is 5.42. The van der Waals surface area contributed by atoms with E-state index in [0.717, 1.165) is 22.8 Å². The van der Waals surface area contributed by atoms with Gasteiger partial charge in [-0.3, -0.25) is 0 Å². The first-order valence-electron chi connectivity index (χ1n) is 5.74. The number of imidazole rings is 1. The van der Waals surface area contributed by atoms with E-state index >= 15 is 0 Å². The van der Waals surface area contributed by atoms with Crippen molar-refractivity contribution >= 4 is 11.6 Å². The van der Waals surface area contributed by atoms with Gasteiger partial charge in [-0.2, -0.15) is 0 Å². The molecule has 0 radical (unpaired) electrons. The predicted molar refractivity (Wildman–Crippen MR) is 73.1 cm³/mol. The molecule has 1 unspecified atom stereocenters. The largest absolute Gasteiger partial charge is 0.497 e. The quantitative estimate of drug-likeness (QED) is 0.893. The Morgan fingerprint density at radius 3 is 2.89 bits per heavy atom. The van der Waals surface area contributed by atoms with Crippen LogP contribution in [0.2, 0.25) is 5.02 Å². The van der Waals surface area contributed by atoms with Crippen molar-refractivity contribution in [1.82, 2.24) is 9.97 Å².